The zero-order valence-electron chi connectivity index (χ0n) is 26.9. The summed E-state index contributed by atoms with van der Waals surface area (Å²) in [4.78, 5) is 39.9. The van der Waals surface area contributed by atoms with E-state index >= 15 is 0 Å². The Hall–Kier alpha value is -1.40. The van der Waals surface area contributed by atoms with Gasteiger partial charge < -0.3 is 15.2 Å². The number of carbonyl (C=O) groups is 3. The van der Waals surface area contributed by atoms with Crippen LogP contribution in [-0.2, 0) is 23.9 Å². The van der Waals surface area contributed by atoms with Crippen molar-refractivity contribution in [1.82, 2.24) is 0 Å². The molecule has 5 aliphatic rings. The molecular weight excluding hydrogens is 538 g/mol. The summed E-state index contributed by atoms with van der Waals surface area (Å²) >= 11 is 0. The Kier molecular flexibility index (Phi) is 7.99. The van der Waals surface area contributed by atoms with Gasteiger partial charge in [-0.3, -0.25) is 14.4 Å². The van der Waals surface area contributed by atoms with Crippen LogP contribution in [0.2, 0.25) is 0 Å². The molecule has 0 aliphatic heterocycles. The molecular formula is C34H54ClNO5. The van der Waals surface area contributed by atoms with E-state index in [9.17, 15) is 14.4 Å². The molecule has 0 aromatic rings. The monoisotopic (exact) mass is 591 g/mol. The van der Waals surface area contributed by atoms with Gasteiger partial charge in [0, 0.05) is 11.3 Å². The third kappa shape index (κ3) is 4.38. The molecule has 0 aromatic heterocycles. The predicted octanol–water partition coefficient (Wildman–Crippen LogP) is 6.82. The molecule has 4 saturated carbocycles. The lowest BCUT2D eigenvalue weighted by molar-refractivity contribution is -0.211. The maximum Gasteiger partial charge on any atom is 0.322 e. The summed E-state index contributed by atoms with van der Waals surface area (Å²) in [5, 5.41) is 0. The minimum atomic E-state index is -0.639. The molecule has 7 heteroatoms. The molecule has 0 spiro atoms. The summed E-state index contributed by atoms with van der Waals surface area (Å²) in [5.74, 6) is 0.223. The second-order valence-corrected chi connectivity index (χ2v) is 16.3. The minimum Gasteiger partial charge on any atom is -0.469 e. The van der Waals surface area contributed by atoms with E-state index in [4.69, 9.17) is 15.2 Å². The highest BCUT2D eigenvalue weighted by Crippen LogP contribution is 2.75. The zero-order chi connectivity index (χ0) is 29.7. The van der Waals surface area contributed by atoms with Crippen molar-refractivity contribution < 1.29 is 23.9 Å². The molecule has 5 aliphatic carbocycles. The minimum absolute atomic E-state index is 0. The van der Waals surface area contributed by atoms with E-state index in [-0.39, 0.29) is 81.1 Å². The number of fused-ring (bicyclic) bond motifs is 7. The third-order valence-corrected chi connectivity index (χ3v) is 13.8. The molecule has 0 aromatic carbocycles. The molecule has 5 rings (SSSR count). The van der Waals surface area contributed by atoms with Crippen LogP contribution in [0.4, 0.5) is 0 Å². The fourth-order valence-electron chi connectivity index (χ4n) is 11.0. The van der Waals surface area contributed by atoms with Gasteiger partial charge in [0.05, 0.1) is 12.5 Å². The number of rotatable bonds is 3. The summed E-state index contributed by atoms with van der Waals surface area (Å²) in [5.41, 5.74) is 6.06. The lowest BCUT2D eigenvalue weighted by Gasteiger charge is -2.70. The summed E-state index contributed by atoms with van der Waals surface area (Å²) < 4.78 is 11.2. The van der Waals surface area contributed by atoms with E-state index in [1.54, 1.807) is 6.92 Å². The molecule has 6 nitrogen and oxygen atoms in total. The Bertz CT molecular complexity index is 1150. The van der Waals surface area contributed by atoms with Gasteiger partial charge in [0.1, 0.15) is 12.1 Å². The number of hydrogen-bond donors (Lipinski definition) is 1. The number of carbonyl (C=O) groups excluding carboxylic acids is 3. The molecule has 4 fully saturated rings. The van der Waals surface area contributed by atoms with Crippen molar-refractivity contribution in [1.29, 1.82) is 0 Å². The van der Waals surface area contributed by atoms with Crippen LogP contribution in [0.5, 0.6) is 0 Å². The average molecular weight is 592 g/mol. The van der Waals surface area contributed by atoms with E-state index in [1.807, 2.05) is 0 Å². The fourth-order valence-corrected chi connectivity index (χ4v) is 11.0. The van der Waals surface area contributed by atoms with E-state index in [0.717, 1.165) is 57.8 Å². The normalized spacial score (nSPS) is 47.2. The van der Waals surface area contributed by atoms with Crippen LogP contribution in [0.1, 0.15) is 113 Å². The van der Waals surface area contributed by atoms with Gasteiger partial charge in [-0.25, -0.2) is 0 Å². The van der Waals surface area contributed by atoms with Gasteiger partial charge in [-0.2, -0.15) is 0 Å². The smallest absolute Gasteiger partial charge is 0.322 e. The average Bonchev–Trinajstić information content (AvgIpc) is 2.87. The summed E-state index contributed by atoms with van der Waals surface area (Å²) in [6, 6.07) is -0.639. The van der Waals surface area contributed by atoms with Gasteiger partial charge in [0.25, 0.3) is 0 Å². The lowest BCUT2D eigenvalue weighted by atomic mass is 9.33. The Morgan fingerprint density at radius 1 is 0.951 bits per heavy atom. The van der Waals surface area contributed by atoms with Gasteiger partial charge in [-0.15, -0.1) is 12.4 Å². The summed E-state index contributed by atoms with van der Waals surface area (Å²) in [6.07, 6.45) is 10.3. The van der Waals surface area contributed by atoms with Gasteiger partial charge >= 0.3 is 11.9 Å². The Labute approximate surface area is 253 Å². The molecule has 10 atom stereocenters. The molecule has 0 saturated heterocycles. The van der Waals surface area contributed by atoms with Crippen LogP contribution < -0.4 is 5.73 Å². The quantitative estimate of drug-likeness (QED) is 0.362. The highest BCUT2D eigenvalue weighted by atomic mass is 35.5. The Balaban J connectivity index is 0.00000387. The standard InChI is InChI=1S/C34H53NO5.ClH/c1-20(35)27(37)40-25-11-12-32(6)24(29(25,2)3)10-13-34(8)26(32)23(36)18-21-22-19-31(5,28(38)39-9)15-14-30(22,4)16-17-33(21,34)7;/h18,20,22,24-26H,10-17,19,35H2,1-9H3;1H/t20-,22-,24-,25-,26+,30+,31-,32-,33+,34+;/m0./s1. The largest absolute Gasteiger partial charge is 0.469 e. The SMILES string of the molecule is COC(=O)[C@@]1(C)CC[C@]2(C)CC[C@]3(C)C(=CC(=O)[C@@H]4[C@@]5(C)CC[C@H](OC(=O)[C@H](C)N)C(C)(C)[C@@H]5CC[C@]43C)[C@@H]2C1.Cl. The lowest BCUT2D eigenvalue weighted by Crippen LogP contribution is -2.67. The number of esters is 2. The first-order valence-electron chi connectivity index (χ1n) is 15.7. The first kappa shape index (κ1) is 32.5. The second-order valence-electron chi connectivity index (χ2n) is 16.3. The Morgan fingerprint density at radius 2 is 1.59 bits per heavy atom. The highest BCUT2D eigenvalue weighted by Gasteiger charge is 2.70. The molecule has 0 heterocycles. The molecule has 2 N–H and O–H groups in total. The molecule has 0 radical (unpaired) electrons. The third-order valence-electron chi connectivity index (χ3n) is 13.8. The van der Waals surface area contributed by atoms with E-state index in [0.29, 0.717) is 0 Å². The highest BCUT2D eigenvalue weighted by molar-refractivity contribution is 5.95. The maximum atomic E-state index is 14.5. The van der Waals surface area contributed by atoms with Crippen molar-refractivity contribution >= 4 is 30.1 Å². The molecule has 0 unspecified atom stereocenters. The summed E-state index contributed by atoms with van der Waals surface area (Å²) in [7, 11) is 1.49. The van der Waals surface area contributed by atoms with Crippen LogP contribution in [-0.4, -0.2) is 37.0 Å². The van der Waals surface area contributed by atoms with Crippen molar-refractivity contribution in [2.24, 2.45) is 56.0 Å². The first-order valence-corrected chi connectivity index (χ1v) is 15.7. The number of allylic oxidation sites excluding steroid dienone is 2. The van der Waals surface area contributed by atoms with Gasteiger partial charge in [0.15, 0.2) is 5.78 Å². The zero-order valence-corrected chi connectivity index (χ0v) is 27.7. The predicted molar refractivity (Wildman–Crippen MR) is 162 cm³/mol. The topological polar surface area (TPSA) is 95.7 Å². The number of nitrogens with two attached hydrogens (primary N) is 1. The number of methoxy groups -OCH3 is 1. The van der Waals surface area contributed by atoms with Crippen LogP contribution in [0.3, 0.4) is 0 Å². The molecule has 0 bridgehead atoms. The molecule has 41 heavy (non-hydrogen) atoms. The fraction of sp³-hybridized carbons (Fsp3) is 0.853. The number of halogens is 1. The van der Waals surface area contributed by atoms with Gasteiger partial charge in [-0.05, 0) is 111 Å². The molecule has 0 amide bonds. The maximum absolute atomic E-state index is 14.5. The van der Waals surface area contributed by atoms with Crippen molar-refractivity contribution in [3.05, 3.63) is 11.6 Å². The van der Waals surface area contributed by atoms with Crippen LogP contribution in [0, 0.1) is 50.2 Å². The number of ketones is 1. The van der Waals surface area contributed by atoms with E-state index in [1.165, 1.54) is 12.7 Å². The molecule has 232 valence electrons. The second kappa shape index (κ2) is 10.1. The number of hydrogen-bond acceptors (Lipinski definition) is 6. The first-order chi connectivity index (χ1) is 18.4. The van der Waals surface area contributed by atoms with Crippen LogP contribution in [0.15, 0.2) is 11.6 Å². The summed E-state index contributed by atoms with van der Waals surface area (Å²) in [6.45, 7) is 17.8. The van der Waals surface area contributed by atoms with E-state index in [2.05, 4.69) is 54.5 Å². The van der Waals surface area contributed by atoms with Crippen molar-refractivity contribution in [3.63, 3.8) is 0 Å². The van der Waals surface area contributed by atoms with Crippen molar-refractivity contribution in [3.8, 4) is 0 Å². The van der Waals surface area contributed by atoms with Crippen LogP contribution in [0.25, 0.3) is 0 Å². The van der Waals surface area contributed by atoms with Crippen LogP contribution >= 0.6 is 12.4 Å². The van der Waals surface area contributed by atoms with E-state index < -0.39 is 11.5 Å². The van der Waals surface area contributed by atoms with Crippen molar-refractivity contribution in [2.75, 3.05) is 7.11 Å². The van der Waals surface area contributed by atoms with Crippen molar-refractivity contribution in [2.45, 2.75) is 125 Å². The van der Waals surface area contributed by atoms with Gasteiger partial charge in [-0.1, -0.05) is 47.1 Å². The van der Waals surface area contributed by atoms with Gasteiger partial charge in [0.2, 0.25) is 0 Å². The Morgan fingerprint density at radius 3 is 2.20 bits per heavy atom. The number of ether oxygens (including phenoxy) is 2.